The lowest BCUT2D eigenvalue weighted by Gasteiger charge is -2.35. The van der Waals surface area contributed by atoms with E-state index in [1.165, 1.54) is 19.3 Å². The van der Waals surface area contributed by atoms with Gasteiger partial charge in [-0.3, -0.25) is 0 Å². The van der Waals surface area contributed by atoms with Gasteiger partial charge >= 0.3 is 6.01 Å². The van der Waals surface area contributed by atoms with Gasteiger partial charge in [0.15, 0.2) is 0 Å². The molecule has 1 heterocycles. The first-order valence-corrected chi connectivity index (χ1v) is 7.83. The van der Waals surface area contributed by atoms with E-state index in [4.69, 9.17) is 4.42 Å². The average Bonchev–Trinajstić information content (AvgIpc) is 2.83. The Morgan fingerprint density at radius 2 is 2.20 bits per heavy atom. The summed E-state index contributed by atoms with van der Waals surface area (Å²) in [7, 11) is 0. The Kier molecular flexibility index (Phi) is 5.02. The Balaban J connectivity index is 1.89. The lowest BCUT2D eigenvalue weighted by Crippen LogP contribution is -2.31. The highest BCUT2D eigenvalue weighted by molar-refractivity contribution is 5.20. The van der Waals surface area contributed by atoms with Gasteiger partial charge in [-0.15, -0.1) is 5.10 Å². The van der Waals surface area contributed by atoms with Crippen LogP contribution < -0.4 is 10.6 Å². The Morgan fingerprint density at radius 3 is 2.90 bits per heavy atom. The van der Waals surface area contributed by atoms with Gasteiger partial charge in [-0.2, -0.15) is 0 Å². The van der Waals surface area contributed by atoms with E-state index >= 15 is 0 Å². The molecule has 5 heteroatoms. The van der Waals surface area contributed by atoms with Crippen LogP contribution in [0.1, 0.15) is 71.7 Å². The number of anilines is 1. The molecule has 0 aromatic carbocycles. The highest BCUT2D eigenvalue weighted by Gasteiger charge is 2.28. The Labute approximate surface area is 121 Å². The van der Waals surface area contributed by atoms with Gasteiger partial charge in [0.2, 0.25) is 5.89 Å². The summed E-state index contributed by atoms with van der Waals surface area (Å²) in [4.78, 5) is 0. The molecule has 0 spiro atoms. The SMILES string of the molecule is CCCNC(C)c1nnc(NC2CCCC(C)(C)C2)o1. The van der Waals surface area contributed by atoms with Crippen molar-refractivity contribution in [1.82, 2.24) is 15.5 Å². The smallest absolute Gasteiger partial charge is 0.315 e. The maximum atomic E-state index is 5.72. The molecule has 1 fully saturated rings. The molecule has 1 saturated carbocycles. The first kappa shape index (κ1) is 15.3. The minimum absolute atomic E-state index is 0.112. The van der Waals surface area contributed by atoms with Crippen LogP contribution >= 0.6 is 0 Å². The van der Waals surface area contributed by atoms with Crippen molar-refractivity contribution >= 4 is 6.01 Å². The van der Waals surface area contributed by atoms with Crippen LogP contribution in [0.5, 0.6) is 0 Å². The summed E-state index contributed by atoms with van der Waals surface area (Å²) >= 11 is 0. The van der Waals surface area contributed by atoms with E-state index in [1.54, 1.807) is 0 Å². The number of nitrogens with zero attached hydrogens (tertiary/aromatic N) is 2. The fourth-order valence-corrected chi connectivity index (χ4v) is 2.91. The molecule has 0 bridgehead atoms. The Hall–Kier alpha value is -1.10. The second-order valence-electron chi connectivity index (χ2n) is 6.72. The van der Waals surface area contributed by atoms with Crippen molar-refractivity contribution in [2.24, 2.45) is 5.41 Å². The first-order chi connectivity index (χ1) is 9.50. The average molecular weight is 280 g/mol. The molecule has 0 radical (unpaired) electrons. The largest absolute Gasteiger partial charge is 0.406 e. The van der Waals surface area contributed by atoms with Gasteiger partial charge in [0, 0.05) is 6.04 Å². The molecule has 1 aliphatic carbocycles. The number of nitrogens with one attached hydrogen (secondary N) is 2. The maximum Gasteiger partial charge on any atom is 0.315 e. The molecule has 5 nitrogen and oxygen atoms in total. The van der Waals surface area contributed by atoms with Crippen molar-refractivity contribution < 1.29 is 4.42 Å². The van der Waals surface area contributed by atoms with Gasteiger partial charge < -0.3 is 15.1 Å². The second kappa shape index (κ2) is 6.57. The number of aromatic nitrogens is 2. The predicted octanol–water partition coefficient (Wildman–Crippen LogP) is 3.51. The van der Waals surface area contributed by atoms with Crippen LogP contribution in [0.2, 0.25) is 0 Å². The van der Waals surface area contributed by atoms with E-state index in [0.29, 0.717) is 23.4 Å². The monoisotopic (exact) mass is 280 g/mol. The van der Waals surface area contributed by atoms with Gasteiger partial charge in [-0.05, 0) is 44.6 Å². The van der Waals surface area contributed by atoms with Crippen LogP contribution in [-0.4, -0.2) is 22.8 Å². The standard InChI is InChI=1S/C15H28N4O/c1-5-9-16-11(2)13-18-19-14(20-13)17-12-7-6-8-15(3,4)10-12/h11-12,16H,5-10H2,1-4H3,(H,17,19). The van der Waals surface area contributed by atoms with Crippen molar-refractivity contribution in [3.05, 3.63) is 5.89 Å². The molecule has 0 amide bonds. The molecule has 1 aromatic heterocycles. The highest BCUT2D eigenvalue weighted by Crippen LogP contribution is 2.36. The zero-order valence-electron chi connectivity index (χ0n) is 13.2. The minimum atomic E-state index is 0.112. The Bertz CT molecular complexity index is 416. The summed E-state index contributed by atoms with van der Waals surface area (Å²) < 4.78 is 5.72. The molecule has 0 aliphatic heterocycles. The van der Waals surface area contributed by atoms with Crippen LogP contribution in [-0.2, 0) is 0 Å². The molecule has 2 rings (SSSR count). The summed E-state index contributed by atoms with van der Waals surface area (Å²) in [5.74, 6) is 0.663. The normalized spacial score (nSPS) is 23.5. The third-order valence-corrected chi connectivity index (χ3v) is 4.04. The van der Waals surface area contributed by atoms with Crippen LogP contribution in [0.15, 0.2) is 4.42 Å². The molecule has 1 aromatic rings. The lowest BCUT2D eigenvalue weighted by molar-refractivity contribution is 0.227. The maximum absolute atomic E-state index is 5.72. The van der Waals surface area contributed by atoms with Crippen molar-refractivity contribution in [2.45, 2.75) is 71.9 Å². The fraction of sp³-hybridized carbons (Fsp3) is 0.867. The predicted molar refractivity (Wildman–Crippen MR) is 80.7 cm³/mol. The van der Waals surface area contributed by atoms with E-state index < -0.39 is 0 Å². The van der Waals surface area contributed by atoms with Gasteiger partial charge in [0.25, 0.3) is 0 Å². The number of hydrogen-bond acceptors (Lipinski definition) is 5. The molecular formula is C15H28N4O. The van der Waals surface area contributed by atoms with Crippen LogP contribution in [0, 0.1) is 5.41 Å². The summed E-state index contributed by atoms with van der Waals surface area (Å²) in [5, 5.41) is 15.0. The second-order valence-corrected chi connectivity index (χ2v) is 6.72. The zero-order chi connectivity index (χ0) is 14.6. The van der Waals surface area contributed by atoms with E-state index in [1.807, 2.05) is 0 Å². The highest BCUT2D eigenvalue weighted by atomic mass is 16.4. The molecule has 20 heavy (non-hydrogen) atoms. The minimum Gasteiger partial charge on any atom is -0.406 e. The Morgan fingerprint density at radius 1 is 1.40 bits per heavy atom. The van der Waals surface area contributed by atoms with E-state index in [-0.39, 0.29) is 6.04 Å². The molecule has 2 N–H and O–H groups in total. The molecular weight excluding hydrogens is 252 g/mol. The van der Waals surface area contributed by atoms with E-state index in [0.717, 1.165) is 19.4 Å². The molecule has 0 saturated heterocycles. The summed E-state index contributed by atoms with van der Waals surface area (Å²) in [5.41, 5.74) is 0.411. The van der Waals surface area contributed by atoms with E-state index in [9.17, 15) is 0 Å². The third-order valence-electron chi connectivity index (χ3n) is 4.04. The topological polar surface area (TPSA) is 63.0 Å². The van der Waals surface area contributed by atoms with Gasteiger partial charge in [-0.25, -0.2) is 0 Å². The zero-order valence-corrected chi connectivity index (χ0v) is 13.2. The summed E-state index contributed by atoms with van der Waals surface area (Å²) in [6.07, 6.45) is 6.01. The van der Waals surface area contributed by atoms with E-state index in [2.05, 4.69) is 48.5 Å². The molecule has 114 valence electrons. The lowest BCUT2D eigenvalue weighted by atomic mass is 9.75. The summed E-state index contributed by atoms with van der Waals surface area (Å²) in [6, 6.07) is 1.12. The van der Waals surface area contributed by atoms with Gasteiger partial charge in [0.1, 0.15) is 0 Å². The van der Waals surface area contributed by atoms with Crippen molar-refractivity contribution in [3.63, 3.8) is 0 Å². The van der Waals surface area contributed by atoms with Gasteiger partial charge in [0.05, 0.1) is 6.04 Å². The van der Waals surface area contributed by atoms with Crippen molar-refractivity contribution in [1.29, 1.82) is 0 Å². The number of hydrogen-bond donors (Lipinski definition) is 2. The molecule has 2 unspecified atom stereocenters. The molecule has 1 aliphatic rings. The quantitative estimate of drug-likeness (QED) is 0.835. The van der Waals surface area contributed by atoms with Gasteiger partial charge in [-0.1, -0.05) is 32.3 Å². The molecule has 2 atom stereocenters. The fourth-order valence-electron chi connectivity index (χ4n) is 2.91. The van der Waals surface area contributed by atoms with Crippen molar-refractivity contribution in [3.8, 4) is 0 Å². The summed E-state index contributed by atoms with van der Waals surface area (Å²) in [6.45, 7) is 9.82. The van der Waals surface area contributed by atoms with Crippen LogP contribution in [0.25, 0.3) is 0 Å². The van der Waals surface area contributed by atoms with Crippen LogP contribution in [0.4, 0.5) is 6.01 Å². The van der Waals surface area contributed by atoms with Crippen LogP contribution in [0.3, 0.4) is 0 Å². The van der Waals surface area contributed by atoms with Crippen molar-refractivity contribution in [2.75, 3.05) is 11.9 Å². The third kappa shape index (κ3) is 4.20. The first-order valence-electron chi connectivity index (χ1n) is 7.83. The number of rotatable bonds is 6.